The van der Waals surface area contributed by atoms with E-state index in [9.17, 15) is 9.59 Å². The molecule has 5 rings (SSSR count). The summed E-state index contributed by atoms with van der Waals surface area (Å²) < 4.78 is 0. The van der Waals surface area contributed by atoms with Gasteiger partial charge in [0.05, 0.1) is 29.4 Å². The summed E-state index contributed by atoms with van der Waals surface area (Å²) in [6, 6.07) is 8.26. The highest BCUT2D eigenvalue weighted by atomic mass is 32.2. The first-order chi connectivity index (χ1) is 23.1. The lowest BCUT2D eigenvalue weighted by Gasteiger charge is -2.07. The maximum Gasteiger partial charge on any atom is 0.220 e. The van der Waals surface area contributed by atoms with Crippen molar-refractivity contribution < 1.29 is 14.7 Å². The van der Waals surface area contributed by atoms with Gasteiger partial charge in [-0.15, -0.1) is 0 Å². The monoisotopic (exact) mass is 663 g/mol. The van der Waals surface area contributed by atoms with Crippen LogP contribution < -0.4 is 5.32 Å². The van der Waals surface area contributed by atoms with Crippen LogP contribution in [0.1, 0.15) is 91.5 Å². The Bertz CT molecular complexity index is 2030. The third-order valence-electron chi connectivity index (χ3n) is 9.17. The predicted molar refractivity (Wildman–Crippen MR) is 202 cm³/mol. The SMILES string of the molecule is C=Cc1c(C)c2cc3[nH]c(cc4nc(cc5nc(cc1[nH]2)C(C)=C5CCC(C)=O)C(CCC(=O)NCCSCCO)=C4C)c(C)c3C=C. The first-order valence-electron chi connectivity index (χ1n) is 16.4. The molecule has 3 aromatic rings. The van der Waals surface area contributed by atoms with Gasteiger partial charge in [0.1, 0.15) is 5.78 Å². The number of hydrogen-bond acceptors (Lipinski definition) is 6. The average Bonchev–Trinajstić information content (AvgIpc) is 3.71. The molecule has 3 aromatic heterocycles. The molecule has 250 valence electrons. The fraction of sp³-hybridized carbons (Fsp3) is 0.333. The molecule has 48 heavy (non-hydrogen) atoms. The number of carbonyl (C=O) groups excluding carboxylic acids is 2. The minimum Gasteiger partial charge on any atom is -0.396 e. The number of carbonyl (C=O) groups is 2. The first-order valence-corrected chi connectivity index (χ1v) is 17.6. The molecule has 0 spiro atoms. The van der Waals surface area contributed by atoms with Gasteiger partial charge < -0.3 is 25.2 Å². The Morgan fingerprint density at radius 2 is 1.29 bits per heavy atom. The third-order valence-corrected chi connectivity index (χ3v) is 10.1. The topological polar surface area (TPSA) is 124 Å². The molecule has 5 heterocycles. The second kappa shape index (κ2) is 15.2. The maximum atomic E-state index is 12.8. The van der Waals surface area contributed by atoms with Crippen LogP contribution in [-0.2, 0) is 9.59 Å². The van der Waals surface area contributed by atoms with Crippen LogP contribution in [0, 0.1) is 13.8 Å². The highest BCUT2D eigenvalue weighted by Crippen LogP contribution is 2.38. The normalized spacial score (nSPS) is 12.9. The Balaban J connectivity index is 1.73. The molecular weight excluding hydrogens is 619 g/mol. The van der Waals surface area contributed by atoms with Crippen molar-refractivity contribution in [2.45, 2.75) is 60.3 Å². The van der Waals surface area contributed by atoms with Gasteiger partial charge in [0.25, 0.3) is 0 Å². The van der Waals surface area contributed by atoms with Crippen molar-refractivity contribution in [3.05, 3.63) is 82.5 Å². The molecule has 4 N–H and O–H groups in total. The van der Waals surface area contributed by atoms with Crippen molar-refractivity contribution in [2.75, 3.05) is 24.7 Å². The number of hydrogen-bond donors (Lipinski definition) is 4. The lowest BCUT2D eigenvalue weighted by Crippen LogP contribution is -2.25. The smallest absolute Gasteiger partial charge is 0.220 e. The van der Waals surface area contributed by atoms with Gasteiger partial charge in [-0.25, -0.2) is 9.97 Å². The summed E-state index contributed by atoms with van der Waals surface area (Å²) in [5.74, 6) is 1.51. The Morgan fingerprint density at radius 3 is 1.83 bits per heavy atom. The van der Waals surface area contributed by atoms with Gasteiger partial charge in [0.2, 0.25) is 5.91 Å². The van der Waals surface area contributed by atoms with Crippen molar-refractivity contribution in [3.8, 4) is 0 Å². The number of nitrogens with one attached hydrogen (secondary N) is 3. The minimum atomic E-state index is -0.0224. The Labute approximate surface area is 286 Å². The van der Waals surface area contributed by atoms with Crippen molar-refractivity contribution in [1.82, 2.24) is 25.3 Å². The lowest BCUT2D eigenvalue weighted by molar-refractivity contribution is -0.121. The van der Waals surface area contributed by atoms with E-state index in [0.717, 1.165) is 95.1 Å². The van der Waals surface area contributed by atoms with Gasteiger partial charge >= 0.3 is 0 Å². The maximum absolute atomic E-state index is 12.8. The number of nitrogens with zero attached hydrogens (tertiary/aromatic N) is 2. The van der Waals surface area contributed by atoms with E-state index in [0.29, 0.717) is 38.0 Å². The van der Waals surface area contributed by atoms with Crippen LogP contribution in [-0.4, -0.2) is 61.4 Å². The summed E-state index contributed by atoms with van der Waals surface area (Å²) >= 11 is 1.61. The number of allylic oxidation sites excluding steroid dienone is 4. The molecule has 0 radical (unpaired) electrons. The zero-order valence-corrected chi connectivity index (χ0v) is 29.4. The Hall–Kier alpha value is -4.47. The standard InChI is InChI=1S/C39H45N5O3S/c1-8-27-23(4)31-18-32-26(7)30(12-13-39(47)40-14-16-48-17-15-45)38(43-32)21-37-29(11-10-22(3)46)25(6)34(44-37)20-36-28(9-2)24(5)33(42-36)19-35(27)41-31/h8-9,18-21,41-42,45H,1-2,10-17H2,3-7H3,(H,40,47). The van der Waals surface area contributed by atoms with Gasteiger partial charge in [-0.1, -0.05) is 25.3 Å². The lowest BCUT2D eigenvalue weighted by atomic mass is 9.97. The quantitative estimate of drug-likeness (QED) is 0.137. The predicted octanol–water partition coefficient (Wildman–Crippen LogP) is 8.07. The van der Waals surface area contributed by atoms with Crippen molar-refractivity contribution in [2.24, 2.45) is 0 Å². The molecule has 2 aliphatic heterocycles. The number of aromatic amines is 2. The van der Waals surface area contributed by atoms with Crippen LogP contribution in [0.25, 0.3) is 56.5 Å². The molecule has 0 fully saturated rings. The van der Waals surface area contributed by atoms with Crippen molar-refractivity contribution in [3.63, 3.8) is 0 Å². The Morgan fingerprint density at radius 1 is 0.771 bits per heavy atom. The largest absolute Gasteiger partial charge is 0.396 e. The van der Waals surface area contributed by atoms with Gasteiger partial charge in [0, 0.05) is 64.1 Å². The second-order valence-electron chi connectivity index (χ2n) is 12.3. The number of aryl methyl sites for hydroxylation is 2. The van der Waals surface area contributed by atoms with Crippen LogP contribution in [0.15, 0.2) is 37.4 Å². The van der Waals surface area contributed by atoms with E-state index in [-0.39, 0.29) is 18.3 Å². The van der Waals surface area contributed by atoms with E-state index in [4.69, 9.17) is 15.1 Å². The number of ketones is 1. The van der Waals surface area contributed by atoms with E-state index < -0.39 is 0 Å². The molecule has 2 aliphatic rings. The molecule has 1 amide bonds. The van der Waals surface area contributed by atoms with E-state index in [2.05, 4.69) is 74.3 Å². The highest BCUT2D eigenvalue weighted by molar-refractivity contribution is 7.99. The summed E-state index contributed by atoms with van der Waals surface area (Å²) in [5.41, 5.74) is 15.2. The van der Waals surface area contributed by atoms with Gasteiger partial charge in [0.15, 0.2) is 0 Å². The van der Waals surface area contributed by atoms with E-state index in [1.54, 1.807) is 18.7 Å². The van der Waals surface area contributed by atoms with Crippen molar-refractivity contribution in [1.29, 1.82) is 0 Å². The summed E-state index contributed by atoms with van der Waals surface area (Å²) in [6.07, 6.45) is 5.57. The molecule has 0 saturated carbocycles. The number of thioether (sulfide) groups is 1. The fourth-order valence-corrected chi connectivity index (χ4v) is 6.94. The van der Waals surface area contributed by atoms with Crippen LogP contribution in [0.3, 0.4) is 0 Å². The van der Waals surface area contributed by atoms with Crippen LogP contribution >= 0.6 is 11.8 Å². The van der Waals surface area contributed by atoms with E-state index in [1.807, 2.05) is 18.2 Å². The summed E-state index contributed by atoms with van der Waals surface area (Å²) in [7, 11) is 0. The number of H-pyrrole nitrogens is 2. The summed E-state index contributed by atoms with van der Waals surface area (Å²) in [5, 5.41) is 12.0. The molecule has 0 atom stereocenters. The third kappa shape index (κ3) is 7.32. The summed E-state index contributed by atoms with van der Waals surface area (Å²) in [6.45, 7) is 18.8. The van der Waals surface area contributed by atoms with E-state index in [1.165, 1.54) is 0 Å². The number of Topliss-reactive ketones (excluding diaryl/α,β-unsaturated/α-hetero) is 1. The van der Waals surface area contributed by atoms with Crippen molar-refractivity contribution >= 4 is 80.0 Å². The minimum absolute atomic E-state index is 0.0224. The van der Waals surface area contributed by atoms with Gasteiger partial charge in [-0.3, -0.25) is 4.79 Å². The average molecular weight is 664 g/mol. The van der Waals surface area contributed by atoms with Crippen LogP contribution in [0.2, 0.25) is 0 Å². The Kier molecular flexibility index (Phi) is 11.0. The summed E-state index contributed by atoms with van der Waals surface area (Å²) in [4.78, 5) is 42.4. The molecule has 8 nitrogen and oxygen atoms in total. The van der Waals surface area contributed by atoms with Crippen LogP contribution in [0.5, 0.6) is 0 Å². The number of rotatable bonds is 13. The number of amides is 1. The first kappa shape index (κ1) is 34.9. The number of aromatic nitrogens is 4. The molecule has 0 aliphatic carbocycles. The number of aliphatic hydroxyl groups is 1. The second-order valence-corrected chi connectivity index (χ2v) is 13.6. The molecule has 9 heteroatoms. The zero-order valence-electron chi connectivity index (χ0n) is 28.6. The fourth-order valence-electron chi connectivity index (χ4n) is 6.36. The van der Waals surface area contributed by atoms with Gasteiger partial charge in [-0.2, -0.15) is 11.8 Å². The molecule has 0 unspecified atom stereocenters. The number of aliphatic hydroxyl groups excluding tert-OH is 1. The molecular formula is C39H45N5O3S. The van der Waals surface area contributed by atoms with Gasteiger partial charge in [-0.05, 0) is 105 Å². The highest BCUT2D eigenvalue weighted by Gasteiger charge is 2.22. The van der Waals surface area contributed by atoms with E-state index >= 15 is 0 Å². The molecule has 8 bridgehead atoms. The molecule has 0 aromatic carbocycles. The van der Waals surface area contributed by atoms with Crippen LogP contribution in [0.4, 0.5) is 0 Å². The zero-order chi connectivity index (χ0) is 34.5. The molecule has 0 saturated heterocycles. The number of fused-ring (bicyclic) bond motifs is 8.